The van der Waals surface area contributed by atoms with Crippen molar-refractivity contribution in [3.63, 3.8) is 0 Å². The Morgan fingerprint density at radius 1 is 1.43 bits per heavy atom. The third-order valence-corrected chi connectivity index (χ3v) is 6.55. The summed E-state index contributed by atoms with van der Waals surface area (Å²) >= 11 is 5.88. The van der Waals surface area contributed by atoms with Crippen LogP contribution < -0.4 is 0 Å². The number of hydrogen-bond acceptors (Lipinski definition) is 3. The predicted molar refractivity (Wildman–Crippen MR) is 84.1 cm³/mol. The zero-order valence-corrected chi connectivity index (χ0v) is 14.3. The van der Waals surface area contributed by atoms with E-state index in [1.807, 2.05) is 19.9 Å². The molecule has 1 fully saturated rings. The van der Waals surface area contributed by atoms with Crippen molar-refractivity contribution in [2.24, 2.45) is 0 Å². The molecule has 0 amide bonds. The highest BCUT2D eigenvalue weighted by atomic mass is 35.5. The van der Waals surface area contributed by atoms with E-state index in [9.17, 15) is 8.42 Å². The molecule has 0 saturated carbocycles. The first-order chi connectivity index (χ1) is 9.84. The van der Waals surface area contributed by atoms with E-state index in [0.717, 1.165) is 24.0 Å². The number of methoxy groups -OCH3 is 1. The van der Waals surface area contributed by atoms with Crippen molar-refractivity contribution in [2.75, 3.05) is 20.2 Å². The molecule has 6 heteroatoms. The maximum atomic E-state index is 12.9. The SMILES string of the molecule is COC1(C)CCCN(S(=O)(=O)c2cccc(CCl)c2C)C1. The molecule has 0 spiro atoms. The molecule has 1 saturated heterocycles. The molecule has 1 atom stereocenters. The van der Waals surface area contributed by atoms with Crippen LogP contribution in [0.15, 0.2) is 23.1 Å². The Labute approximate surface area is 132 Å². The first-order valence-corrected chi connectivity index (χ1v) is 9.01. The highest BCUT2D eigenvalue weighted by molar-refractivity contribution is 7.89. The van der Waals surface area contributed by atoms with Gasteiger partial charge >= 0.3 is 0 Å². The number of nitrogens with zero attached hydrogens (tertiary/aromatic N) is 1. The largest absolute Gasteiger partial charge is 0.377 e. The quantitative estimate of drug-likeness (QED) is 0.797. The average molecular weight is 332 g/mol. The maximum absolute atomic E-state index is 12.9. The van der Waals surface area contributed by atoms with Gasteiger partial charge in [0.25, 0.3) is 0 Å². The lowest BCUT2D eigenvalue weighted by molar-refractivity contribution is -0.0319. The van der Waals surface area contributed by atoms with Crippen molar-refractivity contribution in [3.05, 3.63) is 29.3 Å². The smallest absolute Gasteiger partial charge is 0.243 e. The van der Waals surface area contributed by atoms with E-state index in [2.05, 4.69) is 0 Å². The first-order valence-electron chi connectivity index (χ1n) is 7.04. The van der Waals surface area contributed by atoms with Gasteiger partial charge in [-0.3, -0.25) is 0 Å². The van der Waals surface area contributed by atoms with Crippen LogP contribution in [0, 0.1) is 6.92 Å². The average Bonchev–Trinajstić information content (AvgIpc) is 2.47. The molecular weight excluding hydrogens is 310 g/mol. The third kappa shape index (κ3) is 3.26. The van der Waals surface area contributed by atoms with E-state index in [4.69, 9.17) is 16.3 Å². The molecule has 21 heavy (non-hydrogen) atoms. The monoisotopic (exact) mass is 331 g/mol. The van der Waals surface area contributed by atoms with Crippen molar-refractivity contribution >= 4 is 21.6 Å². The lowest BCUT2D eigenvalue weighted by atomic mass is 9.96. The molecule has 1 heterocycles. The minimum absolute atomic E-state index is 0.310. The molecule has 1 aromatic carbocycles. The van der Waals surface area contributed by atoms with Gasteiger partial charge in [0.1, 0.15) is 0 Å². The van der Waals surface area contributed by atoms with Crippen LogP contribution in [0.25, 0.3) is 0 Å². The second kappa shape index (κ2) is 6.24. The standard InChI is InChI=1S/C15H22ClNO3S/c1-12-13(10-16)6-4-7-14(12)21(18,19)17-9-5-8-15(2,11-17)20-3/h4,6-7H,5,8-11H2,1-3H3. The lowest BCUT2D eigenvalue weighted by Crippen LogP contribution is -2.49. The number of halogens is 1. The first kappa shape index (κ1) is 16.7. The van der Waals surface area contributed by atoms with Crippen LogP contribution in [0.1, 0.15) is 30.9 Å². The Morgan fingerprint density at radius 3 is 2.76 bits per heavy atom. The van der Waals surface area contributed by atoms with Crippen LogP contribution in [-0.4, -0.2) is 38.5 Å². The maximum Gasteiger partial charge on any atom is 0.243 e. The van der Waals surface area contributed by atoms with Crippen LogP contribution in [0.5, 0.6) is 0 Å². The molecule has 0 radical (unpaired) electrons. The van der Waals surface area contributed by atoms with Crippen molar-refractivity contribution in [3.8, 4) is 0 Å². The summed E-state index contributed by atoms with van der Waals surface area (Å²) in [5.41, 5.74) is 1.17. The molecular formula is C15H22ClNO3S. The van der Waals surface area contributed by atoms with Gasteiger partial charge in [-0.1, -0.05) is 12.1 Å². The van der Waals surface area contributed by atoms with Crippen LogP contribution in [0.2, 0.25) is 0 Å². The van der Waals surface area contributed by atoms with Crippen LogP contribution >= 0.6 is 11.6 Å². The number of benzene rings is 1. The Kier molecular flexibility index (Phi) is 4.98. The normalized spacial score (nSPS) is 24.2. The molecule has 0 aliphatic carbocycles. The molecule has 2 rings (SSSR count). The predicted octanol–water partition coefficient (Wildman–Crippen LogP) is 2.92. The molecule has 118 valence electrons. The van der Waals surface area contributed by atoms with Gasteiger partial charge in [-0.15, -0.1) is 11.6 Å². The highest BCUT2D eigenvalue weighted by Gasteiger charge is 2.37. The molecule has 1 aliphatic heterocycles. The molecule has 0 bridgehead atoms. The Balaban J connectivity index is 2.38. The topological polar surface area (TPSA) is 46.6 Å². The number of piperidine rings is 1. The second-order valence-electron chi connectivity index (χ2n) is 5.77. The fourth-order valence-electron chi connectivity index (χ4n) is 2.76. The molecule has 1 unspecified atom stereocenters. The van der Waals surface area contributed by atoms with E-state index in [0.29, 0.717) is 23.9 Å². The van der Waals surface area contributed by atoms with E-state index in [-0.39, 0.29) is 0 Å². The Morgan fingerprint density at radius 2 is 2.14 bits per heavy atom. The van der Waals surface area contributed by atoms with Gasteiger partial charge in [0.15, 0.2) is 0 Å². The van der Waals surface area contributed by atoms with Crippen LogP contribution in [-0.2, 0) is 20.6 Å². The molecule has 4 nitrogen and oxygen atoms in total. The fourth-order valence-corrected chi connectivity index (χ4v) is 4.90. The summed E-state index contributed by atoms with van der Waals surface area (Å²) in [5.74, 6) is 0.310. The van der Waals surface area contributed by atoms with Crippen LogP contribution in [0.4, 0.5) is 0 Å². The number of ether oxygens (including phenoxy) is 1. The van der Waals surface area contributed by atoms with Gasteiger partial charge in [0.2, 0.25) is 10.0 Å². The van der Waals surface area contributed by atoms with Gasteiger partial charge in [-0.2, -0.15) is 4.31 Å². The van der Waals surface area contributed by atoms with Gasteiger partial charge in [0, 0.05) is 26.1 Å². The summed E-state index contributed by atoms with van der Waals surface area (Å²) in [6, 6.07) is 5.26. The summed E-state index contributed by atoms with van der Waals surface area (Å²) in [4.78, 5) is 0.348. The van der Waals surface area contributed by atoms with Crippen molar-refractivity contribution < 1.29 is 13.2 Å². The molecule has 0 aromatic heterocycles. The van der Waals surface area contributed by atoms with Crippen LogP contribution in [0.3, 0.4) is 0 Å². The number of alkyl halides is 1. The lowest BCUT2D eigenvalue weighted by Gasteiger charge is -2.38. The van der Waals surface area contributed by atoms with E-state index in [1.54, 1.807) is 19.2 Å². The van der Waals surface area contributed by atoms with Crippen molar-refractivity contribution in [1.29, 1.82) is 0 Å². The van der Waals surface area contributed by atoms with Gasteiger partial charge in [-0.05, 0) is 43.9 Å². The Hall–Kier alpha value is -0.620. The highest BCUT2D eigenvalue weighted by Crippen LogP contribution is 2.30. The summed E-state index contributed by atoms with van der Waals surface area (Å²) in [5, 5.41) is 0. The fraction of sp³-hybridized carbons (Fsp3) is 0.600. The summed E-state index contributed by atoms with van der Waals surface area (Å²) in [6.45, 7) is 4.68. The molecule has 1 aliphatic rings. The zero-order chi connectivity index (χ0) is 15.7. The van der Waals surface area contributed by atoms with Gasteiger partial charge in [0.05, 0.1) is 10.5 Å². The zero-order valence-electron chi connectivity index (χ0n) is 12.7. The minimum atomic E-state index is -3.51. The summed E-state index contributed by atoms with van der Waals surface area (Å²) in [7, 11) is -1.88. The Bertz CT molecular complexity index is 617. The number of sulfonamides is 1. The van der Waals surface area contributed by atoms with Crippen molar-refractivity contribution in [1.82, 2.24) is 4.31 Å². The third-order valence-electron chi connectivity index (χ3n) is 4.27. The number of hydrogen-bond donors (Lipinski definition) is 0. The number of rotatable bonds is 4. The molecule has 1 aromatic rings. The summed E-state index contributed by atoms with van der Waals surface area (Å²) in [6.07, 6.45) is 1.67. The van der Waals surface area contributed by atoms with E-state index in [1.165, 1.54) is 4.31 Å². The van der Waals surface area contributed by atoms with E-state index < -0.39 is 15.6 Å². The summed E-state index contributed by atoms with van der Waals surface area (Å²) < 4.78 is 32.8. The minimum Gasteiger partial charge on any atom is -0.377 e. The van der Waals surface area contributed by atoms with Crippen molar-refractivity contribution in [2.45, 2.75) is 43.1 Å². The van der Waals surface area contributed by atoms with E-state index >= 15 is 0 Å². The van der Waals surface area contributed by atoms with Gasteiger partial charge in [-0.25, -0.2) is 8.42 Å². The molecule has 0 N–H and O–H groups in total. The second-order valence-corrected chi connectivity index (χ2v) is 7.94. The van der Waals surface area contributed by atoms with Gasteiger partial charge < -0.3 is 4.74 Å².